The number of benzene rings is 2. The number of hydrogen-bond acceptors (Lipinski definition) is 3. The predicted molar refractivity (Wildman–Crippen MR) is 112 cm³/mol. The van der Waals surface area contributed by atoms with Gasteiger partial charge in [-0.25, -0.2) is 0 Å². The lowest BCUT2D eigenvalue weighted by Crippen LogP contribution is -2.34. The van der Waals surface area contributed by atoms with Crippen LogP contribution in [0.4, 0.5) is 0 Å². The summed E-state index contributed by atoms with van der Waals surface area (Å²) in [7, 11) is 0. The van der Waals surface area contributed by atoms with Crippen molar-refractivity contribution >= 4 is 29.1 Å². The van der Waals surface area contributed by atoms with Gasteiger partial charge in [-0.1, -0.05) is 67.9 Å². The summed E-state index contributed by atoms with van der Waals surface area (Å²) < 4.78 is 0. The molecule has 0 aliphatic carbocycles. The number of rotatable bonds is 6. The second-order valence-electron chi connectivity index (χ2n) is 7.41. The van der Waals surface area contributed by atoms with Gasteiger partial charge >= 0.3 is 0 Å². The predicted octanol–water partition coefficient (Wildman–Crippen LogP) is 4.97. The standard InChI is InChI=1S/C23H25NO2S/c1-15(2)13-24-22(25)20(19-11-10-16(3)12-17(19)4)21(23(24)26)27-14-18-8-6-5-7-9-18/h5-12,15H,13-14H2,1-4H3. The molecular formula is C23H25NO2S. The van der Waals surface area contributed by atoms with E-state index < -0.39 is 0 Å². The first-order valence-corrected chi connectivity index (χ1v) is 10.2. The Morgan fingerprint density at radius 2 is 1.67 bits per heavy atom. The molecule has 3 nitrogen and oxygen atoms in total. The van der Waals surface area contributed by atoms with Crippen LogP contribution in [0.5, 0.6) is 0 Å². The SMILES string of the molecule is Cc1ccc(C2=C(SCc3ccccc3)C(=O)N(CC(C)C)C2=O)c(C)c1. The first kappa shape index (κ1) is 19.4. The zero-order chi connectivity index (χ0) is 19.6. The van der Waals surface area contributed by atoms with Gasteiger partial charge in [-0.05, 0) is 36.5 Å². The van der Waals surface area contributed by atoms with Gasteiger partial charge in [-0.2, -0.15) is 0 Å². The molecule has 0 saturated carbocycles. The average molecular weight is 380 g/mol. The second-order valence-corrected chi connectivity index (χ2v) is 8.40. The van der Waals surface area contributed by atoms with Crippen LogP contribution in [0.25, 0.3) is 5.57 Å². The highest BCUT2D eigenvalue weighted by molar-refractivity contribution is 8.03. The smallest absolute Gasteiger partial charge is 0.268 e. The lowest BCUT2D eigenvalue weighted by molar-refractivity contribution is -0.137. The van der Waals surface area contributed by atoms with Crippen molar-refractivity contribution in [3.63, 3.8) is 0 Å². The number of carbonyl (C=O) groups is 2. The molecule has 0 bridgehead atoms. The normalized spacial score (nSPS) is 14.6. The van der Waals surface area contributed by atoms with Crippen molar-refractivity contribution in [2.45, 2.75) is 33.4 Å². The van der Waals surface area contributed by atoms with E-state index in [2.05, 4.69) is 6.07 Å². The van der Waals surface area contributed by atoms with Crippen molar-refractivity contribution < 1.29 is 9.59 Å². The molecule has 2 aromatic carbocycles. The quantitative estimate of drug-likeness (QED) is 0.665. The van der Waals surface area contributed by atoms with E-state index in [-0.39, 0.29) is 17.7 Å². The Morgan fingerprint density at radius 3 is 2.30 bits per heavy atom. The molecule has 140 valence electrons. The molecule has 0 saturated heterocycles. The summed E-state index contributed by atoms with van der Waals surface area (Å²) in [5, 5.41) is 0. The van der Waals surface area contributed by atoms with Crippen LogP contribution in [0.3, 0.4) is 0 Å². The molecule has 0 aromatic heterocycles. The van der Waals surface area contributed by atoms with Crippen molar-refractivity contribution in [3.05, 3.63) is 75.7 Å². The van der Waals surface area contributed by atoms with Crippen LogP contribution < -0.4 is 0 Å². The highest BCUT2D eigenvalue weighted by atomic mass is 32.2. The third kappa shape index (κ3) is 4.16. The monoisotopic (exact) mass is 379 g/mol. The maximum atomic E-state index is 13.1. The fourth-order valence-electron chi connectivity index (χ4n) is 3.28. The van der Waals surface area contributed by atoms with Crippen LogP contribution in [0.1, 0.15) is 36.1 Å². The molecular weight excluding hydrogens is 354 g/mol. The lowest BCUT2D eigenvalue weighted by atomic mass is 9.98. The zero-order valence-electron chi connectivity index (χ0n) is 16.3. The van der Waals surface area contributed by atoms with Gasteiger partial charge in [0.1, 0.15) is 0 Å². The van der Waals surface area contributed by atoms with Gasteiger partial charge < -0.3 is 0 Å². The molecule has 0 spiro atoms. The Hall–Kier alpha value is -2.33. The Kier molecular flexibility index (Phi) is 5.85. The van der Waals surface area contributed by atoms with Crippen molar-refractivity contribution in [3.8, 4) is 0 Å². The van der Waals surface area contributed by atoms with E-state index in [4.69, 9.17) is 0 Å². The first-order valence-electron chi connectivity index (χ1n) is 9.23. The van der Waals surface area contributed by atoms with Gasteiger partial charge in [0.15, 0.2) is 0 Å². The molecule has 3 rings (SSSR count). The summed E-state index contributed by atoms with van der Waals surface area (Å²) >= 11 is 1.46. The summed E-state index contributed by atoms with van der Waals surface area (Å²) in [4.78, 5) is 28.2. The zero-order valence-corrected chi connectivity index (χ0v) is 17.1. The third-order valence-corrected chi connectivity index (χ3v) is 5.70. The van der Waals surface area contributed by atoms with Gasteiger partial charge in [-0.15, -0.1) is 11.8 Å². The van der Waals surface area contributed by atoms with Gasteiger partial charge in [-0.3, -0.25) is 14.5 Å². The highest BCUT2D eigenvalue weighted by Crippen LogP contribution is 2.38. The molecule has 0 N–H and O–H groups in total. The molecule has 2 amide bonds. The fourth-order valence-corrected chi connectivity index (χ4v) is 4.36. The molecule has 0 atom stereocenters. The molecule has 0 radical (unpaired) electrons. The van der Waals surface area contributed by atoms with Crippen LogP contribution in [-0.4, -0.2) is 23.3 Å². The van der Waals surface area contributed by atoms with Crippen molar-refractivity contribution in [2.75, 3.05) is 6.54 Å². The topological polar surface area (TPSA) is 37.4 Å². The Morgan fingerprint density at radius 1 is 0.963 bits per heavy atom. The van der Waals surface area contributed by atoms with Crippen molar-refractivity contribution in [1.29, 1.82) is 0 Å². The summed E-state index contributed by atoms with van der Waals surface area (Å²) in [6, 6.07) is 16.1. The Bertz CT molecular complexity index is 900. The van der Waals surface area contributed by atoms with Crippen LogP contribution >= 0.6 is 11.8 Å². The maximum Gasteiger partial charge on any atom is 0.268 e. The van der Waals surface area contributed by atoms with E-state index >= 15 is 0 Å². The number of thioether (sulfide) groups is 1. The lowest BCUT2D eigenvalue weighted by Gasteiger charge is -2.17. The maximum absolute atomic E-state index is 13.1. The minimum Gasteiger partial charge on any atom is -0.274 e. The number of hydrogen-bond donors (Lipinski definition) is 0. The van der Waals surface area contributed by atoms with E-state index in [1.165, 1.54) is 16.7 Å². The molecule has 4 heteroatoms. The number of nitrogens with zero attached hydrogens (tertiary/aromatic N) is 1. The largest absolute Gasteiger partial charge is 0.274 e. The fraction of sp³-hybridized carbons (Fsp3) is 0.304. The van der Waals surface area contributed by atoms with Gasteiger partial charge in [0.25, 0.3) is 11.8 Å². The van der Waals surface area contributed by atoms with Gasteiger partial charge in [0.2, 0.25) is 0 Å². The highest BCUT2D eigenvalue weighted by Gasteiger charge is 2.39. The summed E-state index contributed by atoms with van der Waals surface area (Å²) in [6.07, 6.45) is 0. The van der Waals surface area contributed by atoms with E-state index in [1.54, 1.807) is 0 Å². The summed E-state index contributed by atoms with van der Waals surface area (Å²) in [5.41, 5.74) is 4.72. The Balaban J connectivity index is 2.01. The summed E-state index contributed by atoms with van der Waals surface area (Å²) in [6.45, 7) is 8.51. The molecule has 1 aliphatic heterocycles. The minimum atomic E-state index is -0.170. The van der Waals surface area contributed by atoms with Gasteiger partial charge in [0.05, 0.1) is 10.5 Å². The van der Waals surface area contributed by atoms with Crippen LogP contribution in [-0.2, 0) is 15.3 Å². The van der Waals surface area contributed by atoms with E-state index in [0.29, 0.717) is 22.8 Å². The average Bonchev–Trinajstić information content (AvgIpc) is 2.85. The molecule has 27 heavy (non-hydrogen) atoms. The van der Waals surface area contributed by atoms with Crippen molar-refractivity contribution in [2.24, 2.45) is 5.92 Å². The van der Waals surface area contributed by atoms with E-state index in [0.717, 1.165) is 22.3 Å². The molecule has 1 heterocycles. The minimum absolute atomic E-state index is 0.162. The number of imide groups is 1. The van der Waals surface area contributed by atoms with Crippen molar-refractivity contribution in [1.82, 2.24) is 4.90 Å². The number of aryl methyl sites for hydroxylation is 2. The molecule has 0 unspecified atom stereocenters. The number of carbonyl (C=O) groups excluding carboxylic acids is 2. The molecule has 2 aromatic rings. The Labute approximate surface area is 165 Å². The number of amides is 2. The molecule has 0 fully saturated rings. The van der Waals surface area contributed by atoms with Crippen LogP contribution in [0, 0.1) is 19.8 Å². The van der Waals surface area contributed by atoms with E-state index in [9.17, 15) is 9.59 Å². The summed E-state index contributed by atoms with van der Waals surface area (Å²) in [5.74, 6) is 0.566. The van der Waals surface area contributed by atoms with Gasteiger partial charge in [0, 0.05) is 12.3 Å². The third-order valence-electron chi connectivity index (χ3n) is 4.55. The molecule has 1 aliphatic rings. The first-order chi connectivity index (χ1) is 12.9. The van der Waals surface area contributed by atoms with Crippen LogP contribution in [0.15, 0.2) is 53.4 Å². The second kappa shape index (κ2) is 8.13. The van der Waals surface area contributed by atoms with Crippen LogP contribution in [0.2, 0.25) is 0 Å². The van der Waals surface area contributed by atoms with E-state index in [1.807, 2.05) is 70.2 Å².